The van der Waals surface area contributed by atoms with Crippen molar-refractivity contribution in [2.45, 2.75) is 69.3 Å². The second-order valence-electron chi connectivity index (χ2n) is 10.4. The maximum atomic E-state index is 13.2. The fourth-order valence-corrected chi connectivity index (χ4v) is 4.94. The zero-order chi connectivity index (χ0) is 25.1. The first kappa shape index (κ1) is 25.2. The number of amides is 1. The first-order chi connectivity index (χ1) is 16.6. The molecule has 0 aliphatic carbocycles. The average Bonchev–Trinajstić information content (AvgIpc) is 2.83. The van der Waals surface area contributed by atoms with Gasteiger partial charge in [0.15, 0.2) is 0 Å². The van der Waals surface area contributed by atoms with E-state index in [1.807, 2.05) is 61.5 Å². The van der Waals surface area contributed by atoms with Gasteiger partial charge in [0.05, 0.1) is 24.9 Å². The minimum atomic E-state index is -0.990. The second-order valence-corrected chi connectivity index (χ2v) is 10.4. The summed E-state index contributed by atoms with van der Waals surface area (Å²) < 4.78 is 11.4. The van der Waals surface area contributed by atoms with Crippen molar-refractivity contribution in [2.24, 2.45) is 0 Å². The van der Waals surface area contributed by atoms with Gasteiger partial charge in [0.2, 0.25) is 0 Å². The Balaban J connectivity index is 1.47. The second kappa shape index (κ2) is 10.0. The minimum Gasteiger partial charge on any atom is -0.438 e. The quantitative estimate of drug-likeness (QED) is 0.618. The summed E-state index contributed by atoms with van der Waals surface area (Å²) in [6, 6.07) is 17.3. The molecular weight excluding hydrogens is 442 g/mol. The Morgan fingerprint density at radius 2 is 1.71 bits per heavy atom. The van der Waals surface area contributed by atoms with E-state index in [-0.39, 0.29) is 12.1 Å². The van der Waals surface area contributed by atoms with Crippen molar-refractivity contribution in [1.29, 1.82) is 0 Å². The molecule has 1 unspecified atom stereocenters. The molecule has 0 aromatic heterocycles. The topological polar surface area (TPSA) is 79.2 Å². The molecule has 1 amide bonds. The van der Waals surface area contributed by atoms with Gasteiger partial charge in [-0.15, -0.1) is 0 Å². The minimum absolute atomic E-state index is 0.180. The van der Waals surface area contributed by atoms with Gasteiger partial charge in [0.1, 0.15) is 11.2 Å². The van der Waals surface area contributed by atoms with E-state index in [9.17, 15) is 15.0 Å². The molecule has 2 atom stereocenters. The Morgan fingerprint density at radius 1 is 1.06 bits per heavy atom. The Hall–Kier alpha value is -2.85. The number of cyclic esters (lactones) is 1. The van der Waals surface area contributed by atoms with E-state index in [1.165, 1.54) is 0 Å². The van der Waals surface area contributed by atoms with Gasteiger partial charge in [0.25, 0.3) is 0 Å². The predicted molar refractivity (Wildman–Crippen MR) is 134 cm³/mol. The summed E-state index contributed by atoms with van der Waals surface area (Å²) in [6.45, 7) is 7.03. The van der Waals surface area contributed by atoms with Crippen LogP contribution >= 0.6 is 0 Å². The first-order valence-corrected chi connectivity index (χ1v) is 12.3. The van der Waals surface area contributed by atoms with Crippen molar-refractivity contribution in [2.75, 3.05) is 19.8 Å². The van der Waals surface area contributed by atoms with E-state index in [0.29, 0.717) is 45.4 Å². The van der Waals surface area contributed by atoms with Gasteiger partial charge in [-0.25, -0.2) is 4.79 Å². The number of carbonyl (C=O) groups is 1. The third kappa shape index (κ3) is 6.05. The SMILES string of the molecule is C[C@@H](c1ccc(C#CC2(O)CCOCC2)cc1)N1CCC(CC(C)(C)O)(c2ccccc2)OC1=O. The summed E-state index contributed by atoms with van der Waals surface area (Å²) in [5.41, 5.74) is -0.148. The van der Waals surface area contributed by atoms with Gasteiger partial charge >= 0.3 is 6.09 Å². The lowest BCUT2D eigenvalue weighted by atomic mass is 9.80. The maximum absolute atomic E-state index is 13.2. The van der Waals surface area contributed by atoms with Gasteiger partial charge in [0, 0.05) is 37.8 Å². The molecule has 2 saturated heterocycles. The van der Waals surface area contributed by atoms with Crippen molar-refractivity contribution >= 4 is 6.09 Å². The van der Waals surface area contributed by atoms with Crippen molar-refractivity contribution in [1.82, 2.24) is 4.90 Å². The summed E-state index contributed by atoms with van der Waals surface area (Å²) in [7, 11) is 0. The van der Waals surface area contributed by atoms with E-state index in [2.05, 4.69) is 11.8 Å². The van der Waals surface area contributed by atoms with E-state index >= 15 is 0 Å². The van der Waals surface area contributed by atoms with Crippen LogP contribution in [0, 0.1) is 11.8 Å². The van der Waals surface area contributed by atoms with Crippen LogP contribution in [0.25, 0.3) is 0 Å². The maximum Gasteiger partial charge on any atom is 0.411 e. The van der Waals surface area contributed by atoms with Gasteiger partial charge in [-0.05, 0) is 44.0 Å². The number of nitrogens with zero attached hydrogens (tertiary/aromatic N) is 1. The van der Waals surface area contributed by atoms with Crippen LogP contribution in [0.15, 0.2) is 54.6 Å². The molecule has 6 nitrogen and oxygen atoms in total. The van der Waals surface area contributed by atoms with E-state index in [1.54, 1.807) is 18.7 Å². The van der Waals surface area contributed by atoms with E-state index < -0.39 is 16.8 Å². The smallest absolute Gasteiger partial charge is 0.411 e. The normalized spacial score (nSPS) is 23.1. The van der Waals surface area contributed by atoms with Crippen LogP contribution in [0.2, 0.25) is 0 Å². The van der Waals surface area contributed by atoms with Gasteiger partial charge < -0.3 is 24.6 Å². The number of hydrogen-bond donors (Lipinski definition) is 2. The van der Waals surface area contributed by atoms with Gasteiger partial charge in [-0.3, -0.25) is 0 Å². The molecule has 4 rings (SSSR count). The van der Waals surface area contributed by atoms with Crippen molar-refractivity contribution in [3.63, 3.8) is 0 Å². The Labute approximate surface area is 207 Å². The highest BCUT2D eigenvalue weighted by Crippen LogP contribution is 2.42. The summed E-state index contributed by atoms with van der Waals surface area (Å²) in [4.78, 5) is 15.0. The highest BCUT2D eigenvalue weighted by molar-refractivity contribution is 5.70. The molecular formula is C29H35NO5. The molecule has 0 saturated carbocycles. The lowest BCUT2D eigenvalue weighted by Gasteiger charge is -2.45. The van der Waals surface area contributed by atoms with E-state index in [0.717, 1.165) is 16.7 Å². The monoisotopic (exact) mass is 477 g/mol. The molecule has 2 aromatic rings. The average molecular weight is 478 g/mol. The molecule has 35 heavy (non-hydrogen) atoms. The molecule has 2 aromatic carbocycles. The summed E-state index contributed by atoms with van der Waals surface area (Å²) in [5, 5.41) is 21.1. The molecule has 186 valence electrons. The zero-order valence-electron chi connectivity index (χ0n) is 20.8. The van der Waals surface area contributed by atoms with Crippen molar-refractivity contribution in [3.05, 3.63) is 71.3 Å². The van der Waals surface area contributed by atoms with Crippen LogP contribution in [0.4, 0.5) is 4.79 Å². The molecule has 2 aliphatic heterocycles. The lowest BCUT2D eigenvalue weighted by Crippen LogP contribution is -2.51. The molecule has 0 radical (unpaired) electrons. The van der Waals surface area contributed by atoms with Crippen LogP contribution in [-0.4, -0.2) is 52.2 Å². The number of benzene rings is 2. The molecule has 2 heterocycles. The van der Waals surface area contributed by atoms with Gasteiger partial charge in [-0.2, -0.15) is 0 Å². The molecule has 2 fully saturated rings. The summed E-state index contributed by atoms with van der Waals surface area (Å²) in [6.07, 6.45) is 1.56. The first-order valence-electron chi connectivity index (χ1n) is 12.3. The summed E-state index contributed by atoms with van der Waals surface area (Å²) >= 11 is 0. The van der Waals surface area contributed by atoms with Crippen LogP contribution in [-0.2, 0) is 15.1 Å². The van der Waals surface area contributed by atoms with E-state index in [4.69, 9.17) is 9.47 Å². The number of hydrogen-bond acceptors (Lipinski definition) is 5. The van der Waals surface area contributed by atoms with Crippen LogP contribution in [0.1, 0.15) is 69.2 Å². The van der Waals surface area contributed by atoms with Crippen molar-refractivity contribution in [3.8, 4) is 11.8 Å². The predicted octanol–water partition coefficient (Wildman–Crippen LogP) is 4.54. The molecule has 2 aliphatic rings. The van der Waals surface area contributed by atoms with Crippen LogP contribution in [0.5, 0.6) is 0 Å². The standard InChI is InChI=1S/C29H35NO5/c1-22(24-11-9-23(10-12-24)13-14-28(33)16-19-34-20-17-28)30-18-15-29(35-26(30)31,21-27(2,3)32)25-7-5-4-6-8-25/h4-12,22,32-33H,15-21H2,1-3H3/t22-,29?/m0/s1. The fraction of sp³-hybridized carbons (Fsp3) is 0.483. The third-order valence-corrected chi connectivity index (χ3v) is 6.91. The largest absolute Gasteiger partial charge is 0.438 e. The van der Waals surface area contributed by atoms with Crippen LogP contribution in [0.3, 0.4) is 0 Å². The Kier molecular flexibility index (Phi) is 7.23. The van der Waals surface area contributed by atoms with Crippen LogP contribution < -0.4 is 0 Å². The Bertz CT molecular complexity index is 1070. The zero-order valence-corrected chi connectivity index (χ0v) is 20.8. The molecule has 0 spiro atoms. The summed E-state index contributed by atoms with van der Waals surface area (Å²) in [5.74, 6) is 6.07. The molecule has 2 N–H and O–H groups in total. The fourth-order valence-electron chi connectivity index (χ4n) is 4.94. The Morgan fingerprint density at radius 3 is 2.31 bits per heavy atom. The number of rotatable bonds is 5. The van der Waals surface area contributed by atoms with Crippen molar-refractivity contribution < 1.29 is 24.5 Å². The number of aliphatic hydroxyl groups is 2. The third-order valence-electron chi connectivity index (χ3n) is 6.91. The molecule has 6 heteroatoms. The highest BCUT2D eigenvalue weighted by Gasteiger charge is 2.46. The number of ether oxygens (including phenoxy) is 2. The molecule has 0 bridgehead atoms. The van der Waals surface area contributed by atoms with Gasteiger partial charge in [-0.1, -0.05) is 54.3 Å². The number of carbonyl (C=O) groups excluding carboxylic acids is 1. The highest BCUT2D eigenvalue weighted by atomic mass is 16.6. The lowest BCUT2D eigenvalue weighted by molar-refractivity contribution is -0.101.